The molecule has 0 bridgehead atoms. The molecule has 1 aromatic rings. The molecule has 0 fully saturated rings. The van der Waals surface area contributed by atoms with Crippen LogP contribution in [0.5, 0.6) is 0 Å². The molecule has 2 unspecified atom stereocenters. The van der Waals surface area contributed by atoms with Gasteiger partial charge in [0.15, 0.2) is 0 Å². The molecule has 0 aromatic heterocycles. The number of halogens is 1. The predicted octanol–water partition coefficient (Wildman–Crippen LogP) is 1.88. The molecule has 90 valence electrons. The Hall–Kier alpha value is -0.970. The molecule has 0 saturated carbocycles. The van der Waals surface area contributed by atoms with E-state index in [1.807, 2.05) is 6.92 Å². The first-order valence-electron chi connectivity index (χ1n) is 5.25. The first-order valence-corrected chi connectivity index (χ1v) is 5.25. The number of hydrogen-bond donors (Lipinski definition) is 1. The van der Waals surface area contributed by atoms with E-state index in [0.29, 0.717) is 13.2 Å². The summed E-state index contributed by atoms with van der Waals surface area (Å²) < 4.78 is 23.3. The molecule has 0 amide bonds. The Labute approximate surface area is 95.4 Å². The molecule has 1 rings (SSSR count). The van der Waals surface area contributed by atoms with Crippen LogP contribution in [0, 0.1) is 5.82 Å². The fourth-order valence-electron chi connectivity index (χ4n) is 1.38. The molecule has 2 N–H and O–H groups in total. The lowest BCUT2D eigenvalue weighted by Crippen LogP contribution is -2.23. The van der Waals surface area contributed by atoms with Crippen LogP contribution in [0.25, 0.3) is 0 Å². The van der Waals surface area contributed by atoms with Crippen molar-refractivity contribution in [2.75, 3.05) is 20.3 Å². The molecule has 0 aliphatic heterocycles. The van der Waals surface area contributed by atoms with Crippen LogP contribution in [0.2, 0.25) is 0 Å². The van der Waals surface area contributed by atoms with Crippen LogP contribution in [0.15, 0.2) is 24.3 Å². The summed E-state index contributed by atoms with van der Waals surface area (Å²) in [6.07, 6.45) is -0.00962. The first-order chi connectivity index (χ1) is 7.63. The van der Waals surface area contributed by atoms with Crippen LogP contribution in [0.1, 0.15) is 18.5 Å². The van der Waals surface area contributed by atoms with Crippen LogP contribution >= 0.6 is 0 Å². The van der Waals surface area contributed by atoms with Crippen molar-refractivity contribution < 1.29 is 13.9 Å². The molecule has 0 heterocycles. The van der Waals surface area contributed by atoms with Gasteiger partial charge in [-0.3, -0.25) is 0 Å². The quantitative estimate of drug-likeness (QED) is 0.807. The topological polar surface area (TPSA) is 44.5 Å². The number of hydrogen-bond acceptors (Lipinski definition) is 3. The molecule has 2 atom stereocenters. The van der Waals surface area contributed by atoms with Gasteiger partial charge in [-0.2, -0.15) is 0 Å². The zero-order chi connectivity index (χ0) is 12.0. The van der Waals surface area contributed by atoms with Gasteiger partial charge in [-0.15, -0.1) is 0 Å². The van der Waals surface area contributed by atoms with Crippen LogP contribution < -0.4 is 5.73 Å². The Bertz CT molecular complexity index is 320. The van der Waals surface area contributed by atoms with Gasteiger partial charge in [-0.25, -0.2) is 4.39 Å². The first kappa shape index (κ1) is 13.1. The Kier molecular flexibility index (Phi) is 5.38. The van der Waals surface area contributed by atoms with E-state index in [1.54, 1.807) is 19.2 Å². The van der Waals surface area contributed by atoms with Gasteiger partial charge in [0.2, 0.25) is 0 Å². The second-order valence-corrected chi connectivity index (χ2v) is 3.76. The largest absolute Gasteiger partial charge is 0.382 e. The minimum absolute atomic E-state index is 0.00962. The number of nitrogens with two attached hydrogens (primary N) is 1. The molecule has 0 aliphatic rings. The van der Waals surface area contributed by atoms with Gasteiger partial charge in [-0.1, -0.05) is 12.1 Å². The van der Waals surface area contributed by atoms with Crippen molar-refractivity contribution in [1.82, 2.24) is 0 Å². The average Bonchev–Trinajstić information content (AvgIpc) is 2.26. The second kappa shape index (κ2) is 6.58. The van der Waals surface area contributed by atoms with Crippen molar-refractivity contribution in [3.8, 4) is 0 Å². The lowest BCUT2D eigenvalue weighted by molar-refractivity contribution is 0.00327. The number of ether oxygens (including phenoxy) is 2. The van der Waals surface area contributed by atoms with Gasteiger partial charge < -0.3 is 15.2 Å². The molecule has 0 spiro atoms. The summed E-state index contributed by atoms with van der Waals surface area (Å²) in [5, 5.41) is 0. The third-order valence-corrected chi connectivity index (χ3v) is 2.24. The van der Waals surface area contributed by atoms with Crippen molar-refractivity contribution in [3.05, 3.63) is 35.6 Å². The molecule has 0 saturated heterocycles. The summed E-state index contributed by atoms with van der Waals surface area (Å²) in [7, 11) is 1.62. The number of methoxy groups -OCH3 is 1. The highest BCUT2D eigenvalue weighted by Crippen LogP contribution is 2.12. The maximum atomic E-state index is 12.9. The van der Waals surface area contributed by atoms with Crippen molar-refractivity contribution in [3.63, 3.8) is 0 Å². The van der Waals surface area contributed by atoms with E-state index in [1.165, 1.54) is 12.1 Å². The highest BCUT2D eigenvalue weighted by molar-refractivity contribution is 5.19. The fourth-order valence-corrected chi connectivity index (χ4v) is 1.38. The normalized spacial score (nSPS) is 14.8. The van der Waals surface area contributed by atoms with Gasteiger partial charge >= 0.3 is 0 Å². The van der Waals surface area contributed by atoms with Gasteiger partial charge in [0, 0.05) is 7.11 Å². The Morgan fingerprint density at radius 1 is 1.38 bits per heavy atom. The minimum atomic E-state index is -0.310. The second-order valence-electron chi connectivity index (χ2n) is 3.76. The van der Waals surface area contributed by atoms with Crippen molar-refractivity contribution >= 4 is 0 Å². The van der Waals surface area contributed by atoms with E-state index in [0.717, 1.165) is 5.56 Å². The lowest BCUT2D eigenvalue weighted by atomic mass is 10.1. The summed E-state index contributed by atoms with van der Waals surface area (Å²) in [5.74, 6) is -0.280. The zero-order valence-corrected chi connectivity index (χ0v) is 9.65. The SMILES string of the molecule is COCC(C)OCC(N)c1cccc(F)c1. The van der Waals surface area contributed by atoms with Gasteiger partial charge in [0.25, 0.3) is 0 Å². The van der Waals surface area contributed by atoms with Crippen LogP contribution in [-0.2, 0) is 9.47 Å². The lowest BCUT2D eigenvalue weighted by Gasteiger charge is -2.16. The zero-order valence-electron chi connectivity index (χ0n) is 9.65. The number of benzene rings is 1. The van der Waals surface area contributed by atoms with Crippen LogP contribution in [0.4, 0.5) is 4.39 Å². The molecular weight excluding hydrogens is 209 g/mol. The van der Waals surface area contributed by atoms with E-state index < -0.39 is 0 Å². The third kappa shape index (κ3) is 4.26. The summed E-state index contributed by atoms with van der Waals surface area (Å²) >= 11 is 0. The molecule has 3 nitrogen and oxygen atoms in total. The molecule has 1 aromatic carbocycles. The summed E-state index contributed by atoms with van der Waals surface area (Å²) in [6.45, 7) is 2.78. The van der Waals surface area contributed by atoms with E-state index in [4.69, 9.17) is 15.2 Å². The van der Waals surface area contributed by atoms with Crippen molar-refractivity contribution in [2.24, 2.45) is 5.73 Å². The van der Waals surface area contributed by atoms with Crippen LogP contribution in [0.3, 0.4) is 0 Å². The fraction of sp³-hybridized carbons (Fsp3) is 0.500. The van der Waals surface area contributed by atoms with Crippen molar-refractivity contribution in [2.45, 2.75) is 19.1 Å². The smallest absolute Gasteiger partial charge is 0.123 e. The minimum Gasteiger partial charge on any atom is -0.382 e. The van der Waals surface area contributed by atoms with Crippen molar-refractivity contribution in [1.29, 1.82) is 0 Å². The summed E-state index contributed by atoms with van der Waals surface area (Å²) in [6, 6.07) is 5.94. The van der Waals surface area contributed by atoms with E-state index in [-0.39, 0.29) is 18.0 Å². The highest BCUT2D eigenvalue weighted by atomic mass is 19.1. The Morgan fingerprint density at radius 2 is 2.12 bits per heavy atom. The van der Waals surface area contributed by atoms with Crippen LogP contribution in [-0.4, -0.2) is 26.4 Å². The van der Waals surface area contributed by atoms with Gasteiger partial charge in [-0.05, 0) is 24.6 Å². The van der Waals surface area contributed by atoms with Gasteiger partial charge in [0.05, 0.1) is 25.4 Å². The molecule has 0 radical (unpaired) electrons. The van der Waals surface area contributed by atoms with Gasteiger partial charge in [0.1, 0.15) is 5.82 Å². The molecule has 4 heteroatoms. The highest BCUT2D eigenvalue weighted by Gasteiger charge is 2.09. The Balaban J connectivity index is 2.43. The standard InChI is InChI=1S/C12H18FNO2/c1-9(7-15-2)16-8-12(14)10-4-3-5-11(13)6-10/h3-6,9,12H,7-8,14H2,1-2H3. The molecular formula is C12H18FNO2. The maximum Gasteiger partial charge on any atom is 0.123 e. The predicted molar refractivity (Wildman–Crippen MR) is 60.6 cm³/mol. The summed E-state index contributed by atoms with van der Waals surface area (Å²) in [5.41, 5.74) is 6.62. The monoisotopic (exact) mass is 227 g/mol. The molecule has 0 aliphatic carbocycles. The summed E-state index contributed by atoms with van der Waals surface area (Å²) in [4.78, 5) is 0. The Morgan fingerprint density at radius 3 is 2.75 bits per heavy atom. The van der Waals surface area contributed by atoms with E-state index in [9.17, 15) is 4.39 Å². The maximum absolute atomic E-state index is 12.9. The number of rotatable bonds is 6. The third-order valence-electron chi connectivity index (χ3n) is 2.24. The molecule has 16 heavy (non-hydrogen) atoms. The average molecular weight is 227 g/mol. The van der Waals surface area contributed by atoms with E-state index in [2.05, 4.69) is 0 Å². The van der Waals surface area contributed by atoms with E-state index >= 15 is 0 Å².